The number of hydrogen-bond donors (Lipinski definition) is 0. The summed E-state index contributed by atoms with van der Waals surface area (Å²) in [6.07, 6.45) is 3.25. The molecule has 6 nitrogen and oxygen atoms in total. The van der Waals surface area contributed by atoms with Crippen LogP contribution in [0.1, 0.15) is 43.7 Å². The van der Waals surface area contributed by atoms with Gasteiger partial charge in [-0.3, -0.25) is 0 Å². The van der Waals surface area contributed by atoms with Gasteiger partial charge < -0.3 is 4.52 Å². The molecule has 2 aromatic carbocycles. The molecule has 2 heterocycles. The lowest BCUT2D eigenvalue weighted by Crippen LogP contribution is -2.30. The van der Waals surface area contributed by atoms with Crippen molar-refractivity contribution in [3.63, 3.8) is 0 Å². The smallest absolute Gasteiger partial charge is 0.245 e. The largest absolute Gasteiger partial charge is 0.337 e. The maximum atomic E-state index is 13.2. The Kier molecular flexibility index (Phi) is 5.47. The molecular weight excluding hydrogens is 393 g/mol. The molecule has 0 amide bonds. The van der Waals surface area contributed by atoms with Crippen LogP contribution in [0, 0.1) is 5.82 Å². The molecule has 3 aromatic rings. The molecule has 0 spiro atoms. The van der Waals surface area contributed by atoms with E-state index < -0.39 is 16.1 Å². The van der Waals surface area contributed by atoms with Crippen molar-refractivity contribution in [1.29, 1.82) is 0 Å². The molecule has 0 bridgehead atoms. The summed E-state index contributed by atoms with van der Waals surface area (Å²) in [5.41, 5.74) is 1.73. The Bertz CT molecular complexity index is 1080. The molecule has 1 saturated heterocycles. The number of halogens is 1. The predicted molar refractivity (Wildman–Crippen MR) is 106 cm³/mol. The van der Waals surface area contributed by atoms with E-state index >= 15 is 0 Å². The summed E-state index contributed by atoms with van der Waals surface area (Å²) in [7, 11) is -3.67. The second kappa shape index (κ2) is 8.04. The standard InChI is InChI=1S/C21H22FN3O3S/c1-2-4-15-6-12-18(13-7-15)29(26,27)25-14-3-5-19(25)21-23-20(24-28-21)16-8-10-17(22)11-9-16/h6-13,19H,2-5,14H2,1H3. The molecule has 29 heavy (non-hydrogen) atoms. The summed E-state index contributed by atoms with van der Waals surface area (Å²) in [5, 5.41) is 3.95. The van der Waals surface area contributed by atoms with Crippen molar-refractivity contribution in [2.45, 2.75) is 43.5 Å². The van der Waals surface area contributed by atoms with Crippen LogP contribution >= 0.6 is 0 Å². The second-order valence-electron chi connectivity index (χ2n) is 7.13. The van der Waals surface area contributed by atoms with E-state index in [0.29, 0.717) is 30.8 Å². The van der Waals surface area contributed by atoms with Crippen LogP contribution in [0.4, 0.5) is 4.39 Å². The Hall–Kier alpha value is -2.58. The van der Waals surface area contributed by atoms with Crippen molar-refractivity contribution < 1.29 is 17.3 Å². The minimum absolute atomic E-state index is 0.257. The lowest BCUT2D eigenvalue weighted by atomic mass is 10.1. The van der Waals surface area contributed by atoms with Gasteiger partial charge >= 0.3 is 0 Å². The fourth-order valence-electron chi connectivity index (χ4n) is 3.61. The highest BCUT2D eigenvalue weighted by atomic mass is 32.2. The highest BCUT2D eigenvalue weighted by molar-refractivity contribution is 7.89. The van der Waals surface area contributed by atoms with Crippen LogP contribution in [0.25, 0.3) is 11.4 Å². The van der Waals surface area contributed by atoms with Crippen LogP contribution in [0.15, 0.2) is 57.9 Å². The first-order valence-electron chi connectivity index (χ1n) is 9.69. The van der Waals surface area contributed by atoms with Crippen molar-refractivity contribution in [2.75, 3.05) is 6.54 Å². The molecule has 8 heteroatoms. The Morgan fingerprint density at radius 2 is 1.86 bits per heavy atom. The lowest BCUT2D eigenvalue weighted by molar-refractivity contribution is 0.290. The fourth-order valence-corrected chi connectivity index (χ4v) is 5.26. The number of nitrogens with zero attached hydrogens (tertiary/aromatic N) is 3. The van der Waals surface area contributed by atoms with E-state index in [9.17, 15) is 12.8 Å². The number of aromatic nitrogens is 2. The summed E-state index contributed by atoms with van der Waals surface area (Å²) in [5.74, 6) is 0.219. The Labute approximate surface area is 169 Å². The first-order valence-corrected chi connectivity index (χ1v) is 11.1. The monoisotopic (exact) mass is 415 g/mol. The highest BCUT2D eigenvalue weighted by Crippen LogP contribution is 2.36. The number of rotatable bonds is 6. The number of hydrogen-bond acceptors (Lipinski definition) is 5. The molecule has 0 saturated carbocycles. The maximum Gasteiger partial charge on any atom is 0.245 e. The first kappa shape index (κ1) is 19.7. The van der Waals surface area contributed by atoms with Gasteiger partial charge in [-0.15, -0.1) is 0 Å². The van der Waals surface area contributed by atoms with Gasteiger partial charge in [-0.2, -0.15) is 9.29 Å². The Balaban J connectivity index is 1.59. The van der Waals surface area contributed by atoms with Gasteiger partial charge in [-0.25, -0.2) is 12.8 Å². The Morgan fingerprint density at radius 1 is 1.14 bits per heavy atom. The zero-order chi connectivity index (χ0) is 20.4. The molecule has 4 rings (SSSR count). The van der Waals surface area contributed by atoms with E-state index in [1.807, 2.05) is 12.1 Å². The summed E-state index contributed by atoms with van der Waals surface area (Å²) in [4.78, 5) is 4.65. The third kappa shape index (κ3) is 3.95. The average Bonchev–Trinajstić information content (AvgIpc) is 3.39. The van der Waals surface area contributed by atoms with Gasteiger partial charge in [0.25, 0.3) is 0 Å². The molecule has 1 atom stereocenters. The van der Waals surface area contributed by atoms with E-state index in [0.717, 1.165) is 18.4 Å². The molecule has 1 fully saturated rings. The third-order valence-corrected chi connectivity index (χ3v) is 7.02. The molecule has 1 aliphatic rings. The normalized spacial score (nSPS) is 17.7. The molecule has 1 aromatic heterocycles. The molecule has 1 aliphatic heterocycles. The number of sulfonamides is 1. The average molecular weight is 415 g/mol. The van der Waals surface area contributed by atoms with Gasteiger partial charge in [0.2, 0.25) is 21.7 Å². The van der Waals surface area contributed by atoms with E-state index in [4.69, 9.17) is 4.52 Å². The molecule has 0 N–H and O–H groups in total. The van der Waals surface area contributed by atoms with Crippen LogP contribution in [0.5, 0.6) is 0 Å². The second-order valence-corrected chi connectivity index (χ2v) is 9.02. The predicted octanol–water partition coefficient (Wildman–Crippen LogP) is 4.35. The molecule has 1 unspecified atom stereocenters. The minimum atomic E-state index is -3.67. The number of aryl methyl sites for hydroxylation is 1. The summed E-state index contributed by atoms with van der Waals surface area (Å²) >= 11 is 0. The SMILES string of the molecule is CCCc1ccc(S(=O)(=O)N2CCCC2c2nc(-c3ccc(F)cc3)no2)cc1. The van der Waals surface area contributed by atoms with Gasteiger partial charge in [0.05, 0.1) is 4.90 Å². The van der Waals surface area contributed by atoms with E-state index in [2.05, 4.69) is 17.1 Å². The third-order valence-electron chi connectivity index (χ3n) is 5.10. The van der Waals surface area contributed by atoms with Crippen LogP contribution in [-0.4, -0.2) is 29.4 Å². The van der Waals surface area contributed by atoms with Gasteiger partial charge in [0.15, 0.2) is 0 Å². The highest BCUT2D eigenvalue weighted by Gasteiger charge is 2.39. The zero-order valence-electron chi connectivity index (χ0n) is 16.1. The van der Waals surface area contributed by atoms with Crippen LogP contribution in [0.2, 0.25) is 0 Å². The minimum Gasteiger partial charge on any atom is -0.337 e. The summed E-state index contributed by atoms with van der Waals surface area (Å²) in [6.45, 7) is 2.49. The summed E-state index contributed by atoms with van der Waals surface area (Å²) in [6, 6.07) is 12.3. The maximum absolute atomic E-state index is 13.2. The van der Waals surface area contributed by atoms with Crippen LogP contribution < -0.4 is 0 Å². The molecule has 0 aliphatic carbocycles. The van der Waals surface area contributed by atoms with Crippen molar-refractivity contribution in [3.8, 4) is 11.4 Å². The van der Waals surface area contributed by atoms with Crippen LogP contribution in [-0.2, 0) is 16.4 Å². The van der Waals surface area contributed by atoms with Gasteiger partial charge in [-0.1, -0.05) is 30.6 Å². The topological polar surface area (TPSA) is 76.3 Å². The van der Waals surface area contributed by atoms with Gasteiger partial charge in [0, 0.05) is 12.1 Å². The zero-order valence-corrected chi connectivity index (χ0v) is 16.9. The van der Waals surface area contributed by atoms with Crippen LogP contribution in [0.3, 0.4) is 0 Å². The van der Waals surface area contributed by atoms with E-state index in [1.165, 1.54) is 16.4 Å². The quantitative estimate of drug-likeness (QED) is 0.598. The molecule has 152 valence electrons. The van der Waals surface area contributed by atoms with E-state index in [-0.39, 0.29) is 16.6 Å². The van der Waals surface area contributed by atoms with Crippen molar-refractivity contribution >= 4 is 10.0 Å². The molecular formula is C21H22FN3O3S. The lowest BCUT2D eigenvalue weighted by Gasteiger charge is -2.21. The van der Waals surface area contributed by atoms with Crippen molar-refractivity contribution in [2.24, 2.45) is 0 Å². The Morgan fingerprint density at radius 3 is 2.55 bits per heavy atom. The van der Waals surface area contributed by atoms with Gasteiger partial charge in [0.1, 0.15) is 11.9 Å². The summed E-state index contributed by atoms with van der Waals surface area (Å²) < 4.78 is 46.3. The first-order chi connectivity index (χ1) is 14.0. The fraction of sp³-hybridized carbons (Fsp3) is 0.333. The number of benzene rings is 2. The van der Waals surface area contributed by atoms with Crippen molar-refractivity contribution in [1.82, 2.24) is 14.4 Å². The van der Waals surface area contributed by atoms with Crippen molar-refractivity contribution in [3.05, 3.63) is 65.8 Å². The van der Waals surface area contributed by atoms with Gasteiger partial charge in [-0.05, 0) is 61.2 Å². The molecule has 0 radical (unpaired) electrons. The van der Waals surface area contributed by atoms with E-state index in [1.54, 1.807) is 24.3 Å².